The first-order chi connectivity index (χ1) is 12.8. The van der Waals surface area contributed by atoms with E-state index in [1.165, 1.54) is 6.20 Å². The van der Waals surface area contributed by atoms with Gasteiger partial charge in [-0.25, -0.2) is 9.97 Å². The van der Waals surface area contributed by atoms with E-state index in [2.05, 4.69) is 15.3 Å². The van der Waals surface area contributed by atoms with Crippen molar-refractivity contribution in [1.29, 1.82) is 0 Å². The number of halogens is 2. The van der Waals surface area contributed by atoms with Gasteiger partial charge in [-0.15, -0.1) is 0 Å². The highest BCUT2D eigenvalue weighted by molar-refractivity contribution is 6.34. The van der Waals surface area contributed by atoms with Gasteiger partial charge in [0.2, 0.25) is 5.91 Å². The molecule has 27 heavy (non-hydrogen) atoms. The highest BCUT2D eigenvalue weighted by Gasteiger charge is 2.37. The molecule has 6 nitrogen and oxygen atoms in total. The van der Waals surface area contributed by atoms with Crippen molar-refractivity contribution in [3.63, 3.8) is 0 Å². The lowest BCUT2D eigenvalue weighted by atomic mass is 9.94. The second-order valence-corrected chi connectivity index (χ2v) is 8.04. The van der Waals surface area contributed by atoms with Crippen LogP contribution < -0.4 is 10.2 Å². The van der Waals surface area contributed by atoms with E-state index in [9.17, 15) is 4.79 Å². The molecular formula is C19H19Cl2N5O. The zero-order valence-corrected chi connectivity index (χ0v) is 16.5. The first-order valence-electron chi connectivity index (χ1n) is 8.66. The molecule has 0 unspecified atom stereocenters. The molecule has 1 saturated heterocycles. The zero-order valence-electron chi connectivity index (χ0n) is 15.0. The van der Waals surface area contributed by atoms with E-state index >= 15 is 0 Å². The van der Waals surface area contributed by atoms with Gasteiger partial charge in [0, 0.05) is 31.5 Å². The predicted octanol–water partition coefficient (Wildman–Crippen LogP) is 3.52. The summed E-state index contributed by atoms with van der Waals surface area (Å²) >= 11 is 12.1. The van der Waals surface area contributed by atoms with Crippen molar-refractivity contribution in [2.45, 2.75) is 19.4 Å². The number of pyridine rings is 2. The van der Waals surface area contributed by atoms with Crippen LogP contribution in [0.1, 0.15) is 19.5 Å². The van der Waals surface area contributed by atoms with Crippen LogP contribution in [0.15, 0.2) is 42.9 Å². The Bertz CT molecular complexity index is 1010. The average Bonchev–Trinajstić information content (AvgIpc) is 3.01. The van der Waals surface area contributed by atoms with Crippen LogP contribution in [0.3, 0.4) is 0 Å². The highest BCUT2D eigenvalue weighted by atomic mass is 35.5. The summed E-state index contributed by atoms with van der Waals surface area (Å²) in [5, 5.41) is 4.07. The van der Waals surface area contributed by atoms with Crippen molar-refractivity contribution in [2.75, 3.05) is 18.0 Å². The molecule has 0 aromatic carbocycles. The minimum absolute atomic E-state index is 0.0124. The summed E-state index contributed by atoms with van der Waals surface area (Å²) in [4.78, 5) is 23.2. The van der Waals surface area contributed by atoms with E-state index in [-0.39, 0.29) is 11.8 Å². The largest absolute Gasteiger partial charge is 0.368 e. The number of rotatable bonds is 4. The number of nitrogens with one attached hydrogen (secondary N) is 1. The van der Waals surface area contributed by atoms with Gasteiger partial charge >= 0.3 is 0 Å². The summed E-state index contributed by atoms with van der Waals surface area (Å²) in [5.41, 5.74) is 2.05. The summed E-state index contributed by atoms with van der Waals surface area (Å²) < 4.78 is 1.99. The minimum Gasteiger partial charge on any atom is -0.368 e. The van der Waals surface area contributed by atoms with E-state index < -0.39 is 5.54 Å². The number of amides is 1. The molecule has 3 aromatic rings. The maximum atomic E-state index is 12.8. The van der Waals surface area contributed by atoms with Crippen LogP contribution in [0.25, 0.3) is 5.65 Å². The average molecular weight is 404 g/mol. The molecule has 0 saturated carbocycles. The first kappa shape index (κ1) is 18.1. The molecule has 1 amide bonds. The quantitative estimate of drug-likeness (QED) is 0.676. The molecule has 1 N–H and O–H groups in total. The van der Waals surface area contributed by atoms with Crippen molar-refractivity contribution in [1.82, 2.24) is 19.7 Å². The smallest absolute Gasteiger partial charge is 0.227 e. The number of nitrogens with zero attached hydrogens (tertiary/aromatic N) is 4. The Morgan fingerprint density at radius 3 is 2.78 bits per heavy atom. The molecule has 0 atom stereocenters. The van der Waals surface area contributed by atoms with E-state index in [4.69, 9.17) is 23.2 Å². The Balaban J connectivity index is 1.45. The van der Waals surface area contributed by atoms with Gasteiger partial charge in [0.1, 0.15) is 10.8 Å². The number of carbonyl (C=O) groups excluding carboxylic acids is 1. The topological polar surface area (TPSA) is 62.5 Å². The van der Waals surface area contributed by atoms with Crippen molar-refractivity contribution in [2.24, 2.45) is 5.92 Å². The molecule has 4 heterocycles. The summed E-state index contributed by atoms with van der Waals surface area (Å²) in [6.45, 7) is 5.15. The monoisotopic (exact) mass is 403 g/mol. The third kappa shape index (κ3) is 3.35. The fraction of sp³-hybridized carbons (Fsp3) is 0.316. The SMILES string of the molecule is CC(C)(NC(=O)C1CN(c2cc(Cl)ncc2Cl)C1)c1cnc2ccccn12. The lowest BCUT2D eigenvalue weighted by molar-refractivity contribution is -0.127. The fourth-order valence-electron chi connectivity index (χ4n) is 3.36. The first-order valence-corrected chi connectivity index (χ1v) is 9.41. The molecule has 0 bridgehead atoms. The maximum Gasteiger partial charge on any atom is 0.227 e. The molecule has 0 radical (unpaired) electrons. The molecular weight excluding hydrogens is 385 g/mol. The van der Waals surface area contributed by atoms with Crippen molar-refractivity contribution in [3.8, 4) is 0 Å². The molecule has 0 spiro atoms. The van der Waals surface area contributed by atoms with Gasteiger partial charge in [-0.3, -0.25) is 4.79 Å². The van der Waals surface area contributed by atoms with Crippen molar-refractivity contribution >= 4 is 40.4 Å². The van der Waals surface area contributed by atoms with Crippen LogP contribution in [0.2, 0.25) is 10.2 Å². The van der Waals surface area contributed by atoms with Crippen LogP contribution in [0.5, 0.6) is 0 Å². The maximum absolute atomic E-state index is 12.8. The Morgan fingerprint density at radius 1 is 1.22 bits per heavy atom. The number of anilines is 1. The van der Waals surface area contributed by atoms with E-state index in [0.29, 0.717) is 23.3 Å². The molecule has 3 aromatic heterocycles. The Hall–Kier alpha value is -2.31. The number of aromatic nitrogens is 3. The fourth-order valence-corrected chi connectivity index (χ4v) is 3.73. The summed E-state index contributed by atoms with van der Waals surface area (Å²) in [7, 11) is 0. The standard InChI is InChI=1S/C19H19Cl2N5O/c1-19(2,15-9-23-17-5-3-4-6-26(15)17)24-18(27)12-10-25(11-12)14-7-16(21)22-8-13(14)20/h3-9,12H,10-11H2,1-2H3,(H,24,27). The molecule has 1 aliphatic rings. The molecule has 8 heteroatoms. The third-order valence-corrected chi connectivity index (χ3v) is 5.39. The number of fused-ring (bicyclic) bond motifs is 1. The Labute approximate surface area is 167 Å². The minimum atomic E-state index is -0.546. The number of hydrogen-bond acceptors (Lipinski definition) is 4. The van der Waals surface area contributed by atoms with Crippen LogP contribution in [-0.4, -0.2) is 33.4 Å². The van der Waals surface area contributed by atoms with Crippen molar-refractivity contribution < 1.29 is 4.79 Å². The van der Waals surface area contributed by atoms with Crippen LogP contribution in [0, 0.1) is 5.92 Å². The van der Waals surface area contributed by atoms with Crippen LogP contribution in [0.4, 0.5) is 5.69 Å². The van der Waals surface area contributed by atoms with Gasteiger partial charge in [0.05, 0.1) is 34.1 Å². The van der Waals surface area contributed by atoms with E-state index in [1.54, 1.807) is 12.3 Å². The zero-order chi connectivity index (χ0) is 19.2. The Morgan fingerprint density at radius 2 is 2.00 bits per heavy atom. The normalized spacial score (nSPS) is 15.0. The second kappa shape index (κ2) is 6.69. The summed E-state index contributed by atoms with van der Waals surface area (Å²) in [6.07, 6.45) is 5.29. The number of carbonyl (C=O) groups is 1. The molecule has 1 aliphatic heterocycles. The Kier molecular flexibility index (Phi) is 4.48. The number of hydrogen-bond donors (Lipinski definition) is 1. The van der Waals surface area contributed by atoms with E-state index in [0.717, 1.165) is 17.0 Å². The van der Waals surface area contributed by atoms with Crippen LogP contribution in [-0.2, 0) is 10.3 Å². The molecule has 0 aliphatic carbocycles. The van der Waals surface area contributed by atoms with E-state index in [1.807, 2.05) is 47.5 Å². The van der Waals surface area contributed by atoms with Gasteiger partial charge in [-0.2, -0.15) is 0 Å². The van der Waals surface area contributed by atoms with Crippen molar-refractivity contribution in [3.05, 3.63) is 58.7 Å². The van der Waals surface area contributed by atoms with Gasteiger partial charge in [0.25, 0.3) is 0 Å². The van der Waals surface area contributed by atoms with Gasteiger partial charge in [-0.1, -0.05) is 29.3 Å². The molecule has 1 fully saturated rings. The van der Waals surface area contributed by atoms with Gasteiger partial charge < -0.3 is 14.6 Å². The third-order valence-electron chi connectivity index (χ3n) is 4.89. The summed E-state index contributed by atoms with van der Waals surface area (Å²) in [5.74, 6) is -0.0927. The van der Waals surface area contributed by atoms with Gasteiger partial charge in [0.15, 0.2) is 0 Å². The lowest BCUT2D eigenvalue weighted by Crippen LogP contribution is -2.56. The lowest BCUT2D eigenvalue weighted by Gasteiger charge is -2.41. The van der Waals surface area contributed by atoms with Gasteiger partial charge in [-0.05, 0) is 26.0 Å². The highest BCUT2D eigenvalue weighted by Crippen LogP contribution is 2.33. The second-order valence-electron chi connectivity index (χ2n) is 7.25. The molecule has 140 valence electrons. The number of imidazole rings is 1. The molecule has 4 rings (SSSR count). The predicted molar refractivity (Wildman–Crippen MR) is 106 cm³/mol. The van der Waals surface area contributed by atoms with Crippen LogP contribution >= 0.6 is 23.2 Å². The summed E-state index contributed by atoms with van der Waals surface area (Å²) in [6, 6.07) is 7.55.